The van der Waals surface area contributed by atoms with Gasteiger partial charge in [-0.2, -0.15) is 22.0 Å². The number of halogens is 10. The van der Waals surface area contributed by atoms with Crippen molar-refractivity contribution < 1.29 is 58.1 Å². The number of ether oxygens (including phenoxy) is 3. The van der Waals surface area contributed by atoms with Crippen molar-refractivity contribution in [3.05, 3.63) is 100 Å². The van der Waals surface area contributed by atoms with Gasteiger partial charge in [0.15, 0.2) is 6.29 Å². The summed E-state index contributed by atoms with van der Waals surface area (Å²) in [6.45, 7) is 2.27. The molecule has 0 amide bonds. The zero-order valence-electron chi connectivity index (χ0n) is 22.3. The molecule has 13 heteroatoms. The van der Waals surface area contributed by atoms with Crippen LogP contribution in [0.1, 0.15) is 29.9 Å². The average molecular weight is 628 g/mol. The van der Waals surface area contributed by atoms with E-state index in [4.69, 9.17) is 9.47 Å². The molecule has 3 nitrogen and oxygen atoms in total. The molecule has 0 spiro atoms. The van der Waals surface area contributed by atoms with Gasteiger partial charge in [0, 0.05) is 34.4 Å². The van der Waals surface area contributed by atoms with Crippen LogP contribution in [-0.4, -0.2) is 19.4 Å². The van der Waals surface area contributed by atoms with Crippen LogP contribution in [-0.2, 0) is 15.6 Å². The minimum absolute atomic E-state index is 0.00968. The van der Waals surface area contributed by atoms with Gasteiger partial charge in [-0.25, -0.2) is 22.0 Å². The molecule has 0 aliphatic carbocycles. The summed E-state index contributed by atoms with van der Waals surface area (Å²) in [5.74, 6) is -5.80. The molecule has 0 atom stereocenters. The van der Waals surface area contributed by atoms with E-state index in [1.807, 2.05) is 6.92 Å². The maximum absolute atomic E-state index is 15.0. The highest BCUT2D eigenvalue weighted by atomic mass is 19.4. The van der Waals surface area contributed by atoms with Gasteiger partial charge in [-0.1, -0.05) is 25.0 Å². The predicted molar refractivity (Wildman–Crippen MR) is 137 cm³/mol. The lowest BCUT2D eigenvalue weighted by Crippen LogP contribution is -2.27. The van der Waals surface area contributed by atoms with Gasteiger partial charge in [-0.05, 0) is 47.3 Å². The standard InChI is InChI=1S/C31H18F10O3/c1-15-13-42-29(43-14-15)18-10-25(34)27(26(35)11-18)31(40,41)44-19-3-5-20(24(33)12-19)16-2-4-21-17(8-16)9-23(32)22(28(21)36)6-7-30(37,38)39/h2-5,8-12,15,29H,13-14H2,1H3. The van der Waals surface area contributed by atoms with Crippen LogP contribution in [0.2, 0.25) is 0 Å². The number of fused-ring (bicyclic) bond motifs is 1. The normalized spacial score (nSPS) is 17.3. The smallest absolute Gasteiger partial charge is 0.429 e. The monoisotopic (exact) mass is 628 g/mol. The molecule has 1 aliphatic heterocycles. The fraction of sp³-hybridized carbons (Fsp3) is 0.226. The molecular weight excluding hydrogens is 610 g/mol. The van der Waals surface area contributed by atoms with Gasteiger partial charge in [0.25, 0.3) is 0 Å². The molecule has 0 saturated carbocycles. The van der Waals surface area contributed by atoms with E-state index in [0.29, 0.717) is 24.3 Å². The van der Waals surface area contributed by atoms with E-state index in [0.717, 1.165) is 36.3 Å². The molecule has 44 heavy (non-hydrogen) atoms. The van der Waals surface area contributed by atoms with E-state index in [2.05, 4.69) is 4.74 Å². The molecule has 230 valence electrons. The Hall–Kier alpha value is -4.28. The Kier molecular flexibility index (Phi) is 8.26. The maximum Gasteiger partial charge on any atom is 0.458 e. The van der Waals surface area contributed by atoms with Crippen LogP contribution in [0.5, 0.6) is 5.75 Å². The van der Waals surface area contributed by atoms with Crippen LogP contribution >= 0.6 is 0 Å². The molecule has 5 rings (SSSR count). The van der Waals surface area contributed by atoms with Gasteiger partial charge < -0.3 is 14.2 Å². The van der Waals surface area contributed by atoms with Crippen LogP contribution in [0.25, 0.3) is 21.9 Å². The number of hydrogen-bond acceptors (Lipinski definition) is 3. The lowest BCUT2D eigenvalue weighted by Gasteiger charge is -2.28. The van der Waals surface area contributed by atoms with Crippen molar-refractivity contribution >= 4 is 10.8 Å². The van der Waals surface area contributed by atoms with Crippen molar-refractivity contribution in [3.8, 4) is 28.7 Å². The molecule has 1 heterocycles. The number of benzene rings is 4. The Morgan fingerprint density at radius 2 is 1.43 bits per heavy atom. The van der Waals surface area contributed by atoms with Crippen LogP contribution in [0.4, 0.5) is 43.9 Å². The van der Waals surface area contributed by atoms with E-state index in [9.17, 15) is 39.5 Å². The topological polar surface area (TPSA) is 27.7 Å². The highest BCUT2D eigenvalue weighted by molar-refractivity contribution is 5.89. The van der Waals surface area contributed by atoms with Gasteiger partial charge in [0.2, 0.25) is 0 Å². The largest absolute Gasteiger partial charge is 0.458 e. The molecule has 0 unspecified atom stereocenters. The van der Waals surface area contributed by atoms with Crippen molar-refractivity contribution in [1.82, 2.24) is 0 Å². The zero-order valence-corrected chi connectivity index (χ0v) is 22.3. The lowest BCUT2D eigenvalue weighted by molar-refractivity contribution is -0.203. The van der Waals surface area contributed by atoms with Crippen LogP contribution in [0.3, 0.4) is 0 Å². The summed E-state index contributed by atoms with van der Waals surface area (Å²) in [6, 6.07) is 7.64. The SMILES string of the molecule is CC1COC(c2cc(F)c(C(F)(F)Oc3ccc(-c4ccc5c(F)c(C#CC(F)(F)F)c(F)cc5c4)c(F)c3)c(F)c2)OC1. The Morgan fingerprint density at radius 3 is 2.05 bits per heavy atom. The molecule has 4 aromatic carbocycles. The minimum Gasteiger partial charge on any atom is -0.429 e. The van der Waals surface area contributed by atoms with Crippen molar-refractivity contribution in [2.45, 2.75) is 25.5 Å². The molecule has 1 saturated heterocycles. The summed E-state index contributed by atoms with van der Waals surface area (Å²) in [6.07, 6.45) is -10.7. The van der Waals surface area contributed by atoms with Crippen molar-refractivity contribution in [1.29, 1.82) is 0 Å². The molecule has 0 N–H and O–H groups in total. The van der Waals surface area contributed by atoms with E-state index in [1.165, 1.54) is 5.92 Å². The van der Waals surface area contributed by atoms with E-state index >= 15 is 4.39 Å². The third-order valence-electron chi connectivity index (χ3n) is 6.55. The summed E-state index contributed by atoms with van der Waals surface area (Å²) in [5.41, 5.74) is -3.23. The Balaban J connectivity index is 1.40. The third-order valence-corrected chi connectivity index (χ3v) is 6.55. The highest BCUT2D eigenvalue weighted by Crippen LogP contribution is 2.39. The van der Waals surface area contributed by atoms with Crippen LogP contribution in [0, 0.1) is 46.8 Å². The highest BCUT2D eigenvalue weighted by Gasteiger charge is 2.42. The second-order valence-electron chi connectivity index (χ2n) is 9.95. The first-order valence-corrected chi connectivity index (χ1v) is 12.7. The summed E-state index contributed by atoms with van der Waals surface area (Å²) in [4.78, 5) is 0. The summed E-state index contributed by atoms with van der Waals surface area (Å²) >= 11 is 0. The number of hydrogen-bond donors (Lipinski definition) is 0. The Morgan fingerprint density at radius 1 is 0.773 bits per heavy atom. The van der Waals surface area contributed by atoms with Crippen molar-refractivity contribution in [3.63, 3.8) is 0 Å². The third kappa shape index (κ3) is 6.46. The molecule has 0 bridgehead atoms. The Bertz CT molecular complexity index is 1780. The second-order valence-corrected chi connectivity index (χ2v) is 9.95. The summed E-state index contributed by atoms with van der Waals surface area (Å²) < 4.78 is 156. The first-order chi connectivity index (χ1) is 20.6. The Labute approximate surface area is 243 Å². The first-order valence-electron chi connectivity index (χ1n) is 12.7. The second kappa shape index (κ2) is 11.7. The number of alkyl halides is 5. The summed E-state index contributed by atoms with van der Waals surface area (Å²) in [5, 5.41) is -0.470. The molecule has 0 radical (unpaired) electrons. The molecule has 1 aliphatic rings. The van der Waals surface area contributed by atoms with E-state index < -0.39 is 64.5 Å². The molecule has 0 aromatic heterocycles. The van der Waals surface area contributed by atoms with Crippen LogP contribution < -0.4 is 4.74 Å². The minimum atomic E-state index is -4.99. The van der Waals surface area contributed by atoms with E-state index in [-0.39, 0.29) is 46.6 Å². The zero-order chi connectivity index (χ0) is 32.0. The van der Waals surface area contributed by atoms with Gasteiger partial charge in [0.05, 0.1) is 18.8 Å². The van der Waals surface area contributed by atoms with Gasteiger partial charge in [-0.3, -0.25) is 0 Å². The first kappa shape index (κ1) is 31.2. The molecule has 4 aromatic rings. The molecule has 1 fully saturated rings. The van der Waals surface area contributed by atoms with E-state index in [1.54, 1.807) is 0 Å². The quantitative estimate of drug-likeness (QED) is 0.163. The van der Waals surface area contributed by atoms with Gasteiger partial charge in [-0.15, -0.1) is 0 Å². The fourth-order valence-corrected chi connectivity index (χ4v) is 4.54. The predicted octanol–water partition coefficient (Wildman–Crippen LogP) is 8.93. The van der Waals surface area contributed by atoms with Gasteiger partial charge >= 0.3 is 12.3 Å². The summed E-state index contributed by atoms with van der Waals surface area (Å²) in [7, 11) is 0. The van der Waals surface area contributed by atoms with Gasteiger partial charge in [0.1, 0.15) is 40.4 Å². The fourth-order valence-electron chi connectivity index (χ4n) is 4.54. The molecular formula is C31H18F10O3. The van der Waals surface area contributed by atoms with Crippen molar-refractivity contribution in [2.24, 2.45) is 5.92 Å². The number of rotatable bonds is 5. The maximum atomic E-state index is 15.0. The average Bonchev–Trinajstić information content (AvgIpc) is 2.91. The van der Waals surface area contributed by atoms with Crippen molar-refractivity contribution in [2.75, 3.05) is 13.2 Å². The van der Waals surface area contributed by atoms with Crippen LogP contribution in [0.15, 0.2) is 54.6 Å². The lowest BCUT2D eigenvalue weighted by atomic mass is 9.98.